The monoisotopic (exact) mass is 401 g/mol. The summed E-state index contributed by atoms with van der Waals surface area (Å²) in [7, 11) is 0. The van der Waals surface area contributed by atoms with Crippen molar-refractivity contribution in [3.8, 4) is 0 Å². The molecule has 1 heterocycles. The highest BCUT2D eigenvalue weighted by Gasteiger charge is 2.25. The average molecular weight is 402 g/mol. The van der Waals surface area contributed by atoms with E-state index in [1.165, 1.54) is 11.3 Å². The van der Waals surface area contributed by atoms with Gasteiger partial charge in [-0.25, -0.2) is 4.79 Å². The molecule has 1 aromatic heterocycles. The molecule has 0 bridgehead atoms. The van der Waals surface area contributed by atoms with Crippen LogP contribution in [0, 0.1) is 6.92 Å². The number of hydrogen-bond donors (Lipinski definition) is 2. The quantitative estimate of drug-likeness (QED) is 0.440. The van der Waals surface area contributed by atoms with Crippen LogP contribution in [0.1, 0.15) is 53.2 Å². The maximum Gasteiger partial charge on any atom is 0.328 e. The van der Waals surface area contributed by atoms with Crippen molar-refractivity contribution in [2.24, 2.45) is 0 Å². The topological polar surface area (TPSA) is 81.7 Å². The normalized spacial score (nSPS) is 11.7. The molecule has 0 fully saturated rings. The predicted molar refractivity (Wildman–Crippen MR) is 105 cm³/mol. The van der Waals surface area contributed by atoms with Gasteiger partial charge in [-0.05, 0) is 57.4 Å². The summed E-state index contributed by atoms with van der Waals surface area (Å²) in [5.41, 5.74) is 1.06. The molecule has 6 nitrogen and oxygen atoms in total. The second-order valence-electron chi connectivity index (χ2n) is 5.67. The zero-order chi connectivity index (χ0) is 19.5. The summed E-state index contributed by atoms with van der Waals surface area (Å²) in [4.78, 5) is 37.9. The maximum atomic E-state index is 12.5. The Morgan fingerprint density at radius 3 is 2.54 bits per heavy atom. The van der Waals surface area contributed by atoms with E-state index < -0.39 is 18.0 Å². The van der Waals surface area contributed by atoms with Gasteiger partial charge in [0.1, 0.15) is 6.04 Å². The third kappa shape index (κ3) is 7.37. The van der Waals surface area contributed by atoms with E-state index in [9.17, 15) is 14.4 Å². The zero-order valence-corrected chi connectivity index (χ0v) is 17.2. The number of hydrogen-bond acceptors (Lipinski definition) is 7. The van der Waals surface area contributed by atoms with E-state index in [0.717, 1.165) is 29.0 Å². The van der Waals surface area contributed by atoms with E-state index in [1.807, 2.05) is 13.0 Å². The van der Waals surface area contributed by atoms with Crippen LogP contribution in [0.4, 0.5) is 0 Å². The van der Waals surface area contributed by atoms with Crippen LogP contribution >= 0.6 is 24.0 Å². The number of carbonyl (C=O) groups is 3. The van der Waals surface area contributed by atoms with Crippen LogP contribution in [0.3, 0.4) is 0 Å². The van der Waals surface area contributed by atoms with Gasteiger partial charge in [-0.3, -0.25) is 9.59 Å². The number of thiophene rings is 1. The molecule has 1 aromatic rings. The number of esters is 2. The standard InChI is InChI=1S/C18H27NO5S2/c1-4-23-16(20)9-8-13(18(22)24-5-2)19-17(21)15-11-12(3)14(26-15)7-6-10-25/h11,13,25H,4-10H2,1-3H3,(H,19,21)/t13-/m0/s1. The lowest BCUT2D eigenvalue weighted by Gasteiger charge is -2.16. The molecule has 8 heteroatoms. The molecule has 0 aliphatic rings. The average Bonchev–Trinajstić information content (AvgIpc) is 2.98. The number of aryl methyl sites for hydroxylation is 2. The second kappa shape index (κ2) is 12.0. The molecule has 1 atom stereocenters. The number of amides is 1. The number of rotatable bonds is 11. The Morgan fingerprint density at radius 1 is 1.23 bits per heavy atom. The Bertz CT molecular complexity index is 615. The van der Waals surface area contributed by atoms with Crippen LogP contribution in [-0.2, 0) is 25.5 Å². The molecule has 0 saturated carbocycles. The lowest BCUT2D eigenvalue weighted by Crippen LogP contribution is -2.42. The van der Waals surface area contributed by atoms with E-state index in [0.29, 0.717) is 4.88 Å². The molecule has 0 aromatic carbocycles. The van der Waals surface area contributed by atoms with Crippen LogP contribution in [0.2, 0.25) is 0 Å². The first-order valence-electron chi connectivity index (χ1n) is 8.76. The summed E-state index contributed by atoms with van der Waals surface area (Å²) in [6.07, 6.45) is 1.99. The first-order valence-corrected chi connectivity index (χ1v) is 10.2. The maximum absolute atomic E-state index is 12.5. The molecule has 26 heavy (non-hydrogen) atoms. The molecule has 0 radical (unpaired) electrons. The van der Waals surface area contributed by atoms with E-state index in [2.05, 4.69) is 17.9 Å². The first kappa shape index (κ1) is 22.5. The van der Waals surface area contributed by atoms with Gasteiger partial charge in [-0.15, -0.1) is 11.3 Å². The van der Waals surface area contributed by atoms with Crippen LogP contribution in [0.15, 0.2) is 6.07 Å². The van der Waals surface area contributed by atoms with Crippen molar-refractivity contribution in [3.63, 3.8) is 0 Å². The largest absolute Gasteiger partial charge is 0.466 e. The van der Waals surface area contributed by atoms with Crippen LogP contribution < -0.4 is 5.32 Å². The minimum absolute atomic E-state index is 0.0360. The summed E-state index contributed by atoms with van der Waals surface area (Å²) in [6, 6.07) is 0.941. The molecule has 0 aliphatic heterocycles. The molecule has 0 saturated heterocycles. The van der Waals surface area contributed by atoms with Crippen molar-refractivity contribution in [1.82, 2.24) is 5.32 Å². The summed E-state index contributed by atoms with van der Waals surface area (Å²) in [5, 5.41) is 2.69. The second-order valence-corrected chi connectivity index (χ2v) is 7.25. The lowest BCUT2D eigenvalue weighted by atomic mass is 10.1. The fourth-order valence-corrected chi connectivity index (χ4v) is 3.61. The fourth-order valence-electron chi connectivity index (χ4n) is 2.34. The van der Waals surface area contributed by atoms with Gasteiger partial charge >= 0.3 is 11.9 Å². The Balaban J connectivity index is 2.77. The Kier molecular flexibility index (Phi) is 10.3. The molecule has 1 rings (SSSR count). The third-order valence-corrected chi connectivity index (χ3v) is 5.24. The molecule has 0 spiro atoms. The van der Waals surface area contributed by atoms with Crippen molar-refractivity contribution in [1.29, 1.82) is 0 Å². The molecule has 0 unspecified atom stereocenters. The third-order valence-electron chi connectivity index (χ3n) is 3.63. The summed E-state index contributed by atoms with van der Waals surface area (Å²) >= 11 is 5.63. The smallest absolute Gasteiger partial charge is 0.328 e. The van der Waals surface area contributed by atoms with Gasteiger partial charge in [0.2, 0.25) is 0 Å². The zero-order valence-electron chi connectivity index (χ0n) is 15.5. The first-order chi connectivity index (χ1) is 12.4. The van der Waals surface area contributed by atoms with Crippen LogP contribution in [-0.4, -0.2) is 42.9 Å². The van der Waals surface area contributed by atoms with E-state index in [-0.39, 0.29) is 32.0 Å². The molecule has 1 N–H and O–H groups in total. The van der Waals surface area contributed by atoms with Gasteiger partial charge in [0, 0.05) is 11.3 Å². The molecule has 146 valence electrons. The summed E-state index contributed by atoms with van der Waals surface area (Å²) in [5.74, 6) is -0.500. The van der Waals surface area contributed by atoms with Gasteiger partial charge < -0.3 is 14.8 Å². The van der Waals surface area contributed by atoms with Crippen molar-refractivity contribution in [2.75, 3.05) is 19.0 Å². The van der Waals surface area contributed by atoms with E-state index in [1.54, 1.807) is 13.8 Å². The van der Waals surface area contributed by atoms with Crippen LogP contribution in [0.25, 0.3) is 0 Å². The SMILES string of the molecule is CCOC(=O)CC[C@H](NC(=O)c1cc(C)c(CCCS)s1)C(=O)OCC. The van der Waals surface area contributed by atoms with E-state index >= 15 is 0 Å². The highest BCUT2D eigenvalue weighted by molar-refractivity contribution is 7.80. The Morgan fingerprint density at radius 2 is 1.92 bits per heavy atom. The van der Waals surface area contributed by atoms with Crippen molar-refractivity contribution in [3.05, 3.63) is 21.4 Å². The van der Waals surface area contributed by atoms with Gasteiger partial charge in [0.25, 0.3) is 5.91 Å². The van der Waals surface area contributed by atoms with Crippen molar-refractivity contribution >= 4 is 41.8 Å². The lowest BCUT2D eigenvalue weighted by molar-refractivity contribution is -0.146. The minimum atomic E-state index is -0.879. The van der Waals surface area contributed by atoms with Gasteiger partial charge in [-0.2, -0.15) is 12.6 Å². The number of thiol groups is 1. The van der Waals surface area contributed by atoms with Gasteiger partial charge in [0.05, 0.1) is 18.1 Å². The van der Waals surface area contributed by atoms with Gasteiger partial charge in [0.15, 0.2) is 0 Å². The summed E-state index contributed by atoms with van der Waals surface area (Å²) in [6.45, 7) is 5.85. The highest BCUT2D eigenvalue weighted by Crippen LogP contribution is 2.23. The van der Waals surface area contributed by atoms with Gasteiger partial charge in [-0.1, -0.05) is 0 Å². The Hall–Kier alpha value is -1.54. The summed E-state index contributed by atoms with van der Waals surface area (Å²) < 4.78 is 9.87. The molecule has 0 aliphatic carbocycles. The Labute approximate surface area is 164 Å². The van der Waals surface area contributed by atoms with E-state index in [4.69, 9.17) is 9.47 Å². The van der Waals surface area contributed by atoms with Crippen molar-refractivity contribution in [2.45, 2.75) is 52.5 Å². The predicted octanol–water partition coefficient (Wildman–Crippen LogP) is 2.92. The fraction of sp³-hybridized carbons (Fsp3) is 0.611. The number of ether oxygens (including phenoxy) is 2. The minimum Gasteiger partial charge on any atom is -0.466 e. The molecular formula is C18H27NO5S2. The highest BCUT2D eigenvalue weighted by atomic mass is 32.1. The number of carbonyl (C=O) groups excluding carboxylic acids is 3. The van der Waals surface area contributed by atoms with Crippen LogP contribution in [0.5, 0.6) is 0 Å². The number of nitrogens with one attached hydrogen (secondary N) is 1. The molecular weight excluding hydrogens is 374 g/mol. The van der Waals surface area contributed by atoms with Crippen molar-refractivity contribution < 1.29 is 23.9 Å². The molecule has 1 amide bonds.